The van der Waals surface area contributed by atoms with Crippen molar-refractivity contribution in [2.24, 2.45) is 0 Å². The molecule has 0 aliphatic heterocycles. The first kappa shape index (κ1) is 18.1. The van der Waals surface area contributed by atoms with Gasteiger partial charge < -0.3 is 4.74 Å². The lowest BCUT2D eigenvalue weighted by Gasteiger charge is -2.06. The quantitative estimate of drug-likeness (QED) is 0.285. The zero-order valence-electron chi connectivity index (χ0n) is 14.0. The van der Waals surface area contributed by atoms with Crippen LogP contribution in [0.5, 0.6) is 0 Å². The van der Waals surface area contributed by atoms with Gasteiger partial charge in [0.1, 0.15) is 6.61 Å². The standard InChI is InChI=1S/C18H10ClN3O5S/c19-13-6-5-11(22(25)26)8-12(13)17(24)27-9-10-7-16(23)21-14-3-1-2-4-15(14)28-18(21)20-10/h1-8H,9H2. The van der Waals surface area contributed by atoms with Crippen LogP contribution >= 0.6 is 22.9 Å². The van der Waals surface area contributed by atoms with Crippen molar-refractivity contribution in [1.29, 1.82) is 0 Å². The maximum atomic E-state index is 12.5. The fourth-order valence-corrected chi connectivity index (χ4v) is 3.94. The lowest BCUT2D eigenvalue weighted by molar-refractivity contribution is -0.384. The molecule has 0 fully saturated rings. The smallest absolute Gasteiger partial charge is 0.340 e. The maximum absolute atomic E-state index is 12.5. The topological polar surface area (TPSA) is 104 Å². The van der Waals surface area contributed by atoms with Gasteiger partial charge in [0.25, 0.3) is 11.2 Å². The van der Waals surface area contributed by atoms with E-state index in [1.54, 1.807) is 0 Å². The van der Waals surface area contributed by atoms with Crippen molar-refractivity contribution in [3.05, 3.63) is 85.3 Å². The number of benzene rings is 2. The Balaban J connectivity index is 1.62. The maximum Gasteiger partial charge on any atom is 0.340 e. The van der Waals surface area contributed by atoms with Gasteiger partial charge in [-0.15, -0.1) is 0 Å². The molecule has 2 aromatic heterocycles. The molecule has 0 amide bonds. The molecule has 0 aliphatic rings. The Morgan fingerprint density at radius 2 is 2.04 bits per heavy atom. The first-order valence-corrected chi connectivity index (χ1v) is 9.15. The highest BCUT2D eigenvalue weighted by molar-refractivity contribution is 7.23. The van der Waals surface area contributed by atoms with Gasteiger partial charge in [0.05, 0.1) is 31.4 Å². The number of hydrogen-bond acceptors (Lipinski definition) is 7. The summed E-state index contributed by atoms with van der Waals surface area (Å²) >= 11 is 7.28. The molecular weight excluding hydrogens is 406 g/mol. The number of thiazole rings is 1. The van der Waals surface area contributed by atoms with Crippen LogP contribution in [0.4, 0.5) is 5.69 Å². The third kappa shape index (κ3) is 3.21. The Hall–Kier alpha value is -3.30. The highest BCUT2D eigenvalue weighted by Crippen LogP contribution is 2.25. The molecule has 2 heterocycles. The van der Waals surface area contributed by atoms with E-state index in [2.05, 4.69) is 4.98 Å². The molecule has 0 spiro atoms. The SMILES string of the molecule is O=C(OCc1cc(=O)n2c(n1)sc1ccccc12)c1cc([N+](=O)[O-])ccc1Cl. The van der Waals surface area contributed by atoms with Crippen LogP contribution in [0.25, 0.3) is 15.2 Å². The molecule has 0 N–H and O–H groups in total. The molecule has 0 aliphatic carbocycles. The number of aromatic nitrogens is 2. The number of halogens is 1. The van der Waals surface area contributed by atoms with E-state index in [4.69, 9.17) is 16.3 Å². The normalized spacial score (nSPS) is 11.0. The number of nitro benzene ring substituents is 1. The van der Waals surface area contributed by atoms with Gasteiger partial charge in [-0.1, -0.05) is 35.1 Å². The van der Waals surface area contributed by atoms with Crippen molar-refractivity contribution < 1.29 is 14.5 Å². The van der Waals surface area contributed by atoms with Gasteiger partial charge in [-0.25, -0.2) is 9.78 Å². The van der Waals surface area contributed by atoms with E-state index in [-0.39, 0.29) is 34.1 Å². The van der Waals surface area contributed by atoms with Crippen LogP contribution in [0.1, 0.15) is 16.1 Å². The molecule has 0 bridgehead atoms. The Morgan fingerprint density at radius 1 is 1.25 bits per heavy atom. The van der Waals surface area contributed by atoms with E-state index in [0.29, 0.717) is 4.96 Å². The third-order valence-electron chi connectivity index (χ3n) is 3.98. The predicted octanol–water partition coefficient (Wildman–Crippen LogP) is 3.83. The molecule has 28 heavy (non-hydrogen) atoms. The first-order valence-electron chi connectivity index (χ1n) is 7.95. The Labute approximate surface area is 165 Å². The van der Waals surface area contributed by atoms with E-state index in [9.17, 15) is 19.7 Å². The van der Waals surface area contributed by atoms with Gasteiger partial charge in [0, 0.05) is 18.2 Å². The van der Waals surface area contributed by atoms with Crippen LogP contribution in [0, 0.1) is 10.1 Å². The molecular formula is C18H10ClN3O5S. The van der Waals surface area contributed by atoms with Gasteiger partial charge in [0.15, 0.2) is 4.96 Å². The lowest BCUT2D eigenvalue weighted by atomic mass is 10.2. The summed E-state index contributed by atoms with van der Waals surface area (Å²) in [7, 11) is 0. The number of rotatable bonds is 4. The summed E-state index contributed by atoms with van der Waals surface area (Å²) in [5.74, 6) is -0.841. The van der Waals surface area contributed by atoms with Crippen LogP contribution in [0.3, 0.4) is 0 Å². The molecule has 4 rings (SSSR count). The summed E-state index contributed by atoms with van der Waals surface area (Å²) in [6, 6.07) is 12.2. The predicted molar refractivity (Wildman–Crippen MR) is 104 cm³/mol. The Bertz CT molecular complexity index is 1310. The zero-order chi connectivity index (χ0) is 19.8. The summed E-state index contributed by atoms with van der Waals surface area (Å²) < 4.78 is 7.55. The van der Waals surface area contributed by atoms with Crippen molar-refractivity contribution in [3.63, 3.8) is 0 Å². The number of carbonyl (C=O) groups is 1. The van der Waals surface area contributed by atoms with Crippen LogP contribution in [0.15, 0.2) is 53.3 Å². The van der Waals surface area contributed by atoms with Crippen molar-refractivity contribution in [3.8, 4) is 0 Å². The van der Waals surface area contributed by atoms with Crippen molar-refractivity contribution in [1.82, 2.24) is 9.38 Å². The Morgan fingerprint density at radius 3 is 2.82 bits per heavy atom. The lowest BCUT2D eigenvalue weighted by Crippen LogP contribution is -2.15. The van der Waals surface area contributed by atoms with Crippen molar-refractivity contribution >= 4 is 49.8 Å². The minimum Gasteiger partial charge on any atom is -0.456 e. The number of ether oxygens (including phenoxy) is 1. The minimum atomic E-state index is -0.841. The number of fused-ring (bicyclic) bond motifs is 3. The molecule has 0 atom stereocenters. The van der Waals surface area contributed by atoms with E-state index >= 15 is 0 Å². The average Bonchev–Trinajstić information content (AvgIpc) is 3.05. The zero-order valence-corrected chi connectivity index (χ0v) is 15.6. The number of non-ortho nitro benzene ring substituents is 1. The number of para-hydroxylation sites is 1. The molecule has 4 aromatic rings. The van der Waals surface area contributed by atoms with Crippen LogP contribution in [-0.2, 0) is 11.3 Å². The fraction of sp³-hybridized carbons (Fsp3) is 0.0556. The minimum absolute atomic E-state index is 0.0311. The second-order valence-corrected chi connectivity index (χ2v) is 7.19. The van der Waals surface area contributed by atoms with Gasteiger partial charge in [-0.3, -0.25) is 19.3 Å². The van der Waals surface area contributed by atoms with Crippen LogP contribution < -0.4 is 5.56 Å². The average molecular weight is 416 g/mol. The highest BCUT2D eigenvalue weighted by atomic mass is 35.5. The summed E-state index contributed by atoms with van der Waals surface area (Å²) in [5, 5.41) is 10.9. The summed E-state index contributed by atoms with van der Waals surface area (Å²) in [6.45, 7) is -0.266. The van der Waals surface area contributed by atoms with E-state index in [1.165, 1.54) is 33.9 Å². The molecule has 10 heteroatoms. The number of hydrogen-bond donors (Lipinski definition) is 0. The van der Waals surface area contributed by atoms with Crippen LogP contribution in [0.2, 0.25) is 5.02 Å². The van der Waals surface area contributed by atoms with Gasteiger partial charge in [-0.05, 0) is 18.2 Å². The van der Waals surface area contributed by atoms with Crippen molar-refractivity contribution in [2.45, 2.75) is 6.61 Å². The molecule has 8 nitrogen and oxygen atoms in total. The fourth-order valence-electron chi connectivity index (χ4n) is 2.70. The highest BCUT2D eigenvalue weighted by Gasteiger charge is 2.18. The second kappa shape index (κ2) is 7.02. The largest absolute Gasteiger partial charge is 0.456 e. The number of nitrogens with zero attached hydrogens (tertiary/aromatic N) is 3. The van der Waals surface area contributed by atoms with Crippen molar-refractivity contribution in [2.75, 3.05) is 0 Å². The van der Waals surface area contributed by atoms with E-state index in [1.807, 2.05) is 24.3 Å². The van der Waals surface area contributed by atoms with Crippen LogP contribution in [-0.4, -0.2) is 20.3 Å². The summed E-state index contributed by atoms with van der Waals surface area (Å²) in [5.41, 5.74) is 0.329. The third-order valence-corrected chi connectivity index (χ3v) is 5.33. The number of nitro groups is 1. The van der Waals surface area contributed by atoms with Gasteiger partial charge >= 0.3 is 5.97 Å². The number of esters is 1. The van der Waals surface area contributed by atoms with Gasteiger partial charge in [0.2, 0.25) is 0 Å². The first-order chi connectivity index (χ1) is 13.4. The van der Waals surface area contributed by atoms with E-state index in [0.717, 1.165) is 16.3 Å². The second-order valence-electron chi connectivity index (χ2n) is 5.77. The molecule has 0 radical (unpaired) electrons. The summed E-state index contributed by atoms with van der Waals surface area (Å²) in [6.07, 6.45) is 0. The molecule has 2 aromatic carbocycles. The molecule has 0 saturated carbocycles. The molecule has 0 unspecified atom stereocenters. The summed E-state index contributed by atoms with van der Waals surface area (Å²) in [4.78, 5) is 39.8. The Kier molecular flexibility index (Phi) is 4.54. The van der Waals surface area contributed by atoms with Gasteiger partial charge in [-0.2, -0.15) is 0 Å². The molecule has 0 saturated heterocycles. The molecule has 140 valence electrons. The van der Waals surface area contributed by atoms with E-state index < -0.39 is 10.9 Å². The number of carbonyl (C=O) groups excluding carboxylic acids is 1. The monoisotopic (exact) mass is 415 g/mol.